The lowest BCUT2D eigenvalue weighted by molar-refractivity contribution is 0.0539. The number of ether oxygens (including phenoxy) is 1. The Labute approximate surface area is 144 Å². The normalized spacial score (nSPS) is 28.8. The number of aromatic nitrogens is 1. The fourth-order valence-corrected chi connectivity index (χ4v) is 5.26. The van der Waals surface area contributed by atoms with Gasteiger partial charge in [-0.25, -0.2) is 12.7 Å². The summed E-state index contributed by atoms with van der Waals surface area (Å²) in [5, 5.41) is 0. The predicted molar refractivity (Wildman–Crippen MR) is 93.0 cm³/mol. The molecule has 0 aliphatic carbocycles. The number of likely N-dealkylation sites (tertiary alicyclic amines) is 1. The van der Waals surface area contributed by atoms with Crippen LogP contribution in [0.25, 0.3) is 0 Å². The molecule has 0 bridgehead atoms. The highest BCUT2D eigenvalue weighted by atomic mass is 32.2. The molecule has 3 rings (SSSR count). The van der Waals surface area contributed by atoms with Crippen molar-refractivity contribution in [1.29, 1.82) is 0 Å². The molecule has 0 aromatic carbocycles. The van der Waals surface area contributed by atoms with Crippen molar-refractivity contribution >= 4 is 10.0 Å². The lowest BCUT2D eigenvalue weighted by Gasteiger charge is -2.30. The molecule has 0 amide bonds. The molecule has 0 N–H and O–H groups in total. The highest BCUT2D eigenvalue weighted by Gasteiger charge is 2.51. The topological polar surface area (TPSA) is 62.7 Å². The van der Waals surface area contributed by atoms with E-state index < -0.39 is 10.0 Å². The third-order valence-electron chi connectivity index (χ3n) is 5.40. The molecule has 0 radical (unpaired) electrons. The summed E-state index contributed by atoms with van der Waals surface area (Å²) in [6, 6.07) is 3.92. The lowest BCUT2D eigenvalue weighted by atomic mass is 9.78. The van der Waals surface area contributed by atoms with Crippen LogP contribution in [0.5, 0.6) is 0 Å². The Morgan fingerprint density at radius 1 is 1.42 bits per heavy atom. The van der Waals surface area contributed by atoms with Gasteiger partial charge in [0.15, 0.2) is 0 Å². The molecule has 2 aliphatic heterocycles. The standard InChI is InChI=1S/C17H27N3O3S/c1-3-24(21,22)20-8-6-17(14-20)13-19(2)10-16(17)12-23-11-15-5-4-7-18-9-15/h4-5,7,9,16H,3,6,8,10-14H2,1-2H3/t16-,17+/m0/s1. The van der Waals surface area contributed by atoms with Crippen LogP contribution in [0, 0.1) is 11.3 Å². The number of hydrogen-bond donors (Lipinski definition) is 0. The van der Waals surface area contributed by atoms with Crippen LogP contribution in [0.1, 0.15) is 18.9 Å². The van der Waals surface area contributed by atoms with Crippen LogP contribution in [0.3, 0.4) is 0 Å². The summed E-state index contributed by atoms with van der Waals surface area (Å²) >= 11 is 0. The molecule has 1 aromatic heterocycles. The van der Waals surface area contributed by atoms with Gasteiger partial charge in [-0.2, -0.15) is 0 Å². The minimum absolute atomic E-state index is 0.0337. The van der Waals surface area contributed by atoms with Gasteiger partial charge in [-0.3, -0.25) is 4.98 Å². The lowest BCUT2D eigenvalue weighted by Crippen LogP contribution is -2.38. The molecule has 7 heteroatoms. The summed E-state index contributed by atoms with van der Waals surface area (Å²) in [6.45, 7) is 6.13. The fourth-order valence-electron chi connectivity index (χ4n) is 4.07. The van der Waals surface area contributed by atoms with E-state index in [1.165, 1.54) is 0 Å². The molecule has 6 nitrogen and oxygen atoms in total. The van der Waals surface area contributed by atoms with Gasteiger partial charge < -0.3 is 9.64 Å². The average molecular weight is 353 g/mol. The summed E-state index contributed by atoms with van der Waals surface area (Å²) in [5.41, 5.74) is 1.10. The summed E-state index contributed by atoms with van der Waals surface area (Å²) < 4.78 is 32.0. The fraction of sp³-hybridized carbons (Fsp3) is 0.706. The predicted octanol–water partition coefficient (Wildman–Crippen LogP) is 1.20. The number of pyridine rings is 1. The first kappa shape index (κ1) is 17.8. The first-order chi connectivity index (χ1) is 11.5. The van der Waals surface area contributed by atoms with Crippen molar-refractivity contribution in [3.05, 3.63) is 30.1 Å². The molecule has 3 heterocycles. The van der Waals surface area contributed by atoms with Gasteiger partial charge in [-0.15, -0.1) is 0 Å². The maximum Gasteiger partial charge on any atom is 0.213 e. The molecule has 134 valence electrons. The van der Waals surface area contributed by atoms with Crippen molar-refractivity contribution < 1.29 is 13.2 Å². The molecule has 1 spiro atoms. The van der Waals surface area contributed by atoms with E-state index in [0.29, 0.717) is 32.2 Å². The van der Waals surface area contributed by atoms with Crippen LogP contribution in [-0.2, 0) is 21.4 Å². The molecular weight excluding hydrogens is 326 g/mol. The second-order valence-electron chi connectivity index (χ2n) is 7.12. The second kappa shape index (κ2) is 7.07. The van der Waals surface area contributed by atoms with Gasteiger partial charge in [0.05, 0.1) is 19.0 Å². The number of hydrogen-bond acceptors (Lipinski definition) is 5. The average Bonchev–Trinajstić information content (AvgIpc) is 3.13. The van der Waals surface area contributed by atoms with Crippen LogP contribution in [0.4, 0.5) is 0 Å². The molecule has 0 saturated carbocycles. The van der Waals surface area contributed by atoms with Crippen LogP contribution in [-0.4, -0.2) is 68.2 Å². The molecular formula is C17H27N3O3S. The second-order valence-corrected chi connectivity index (χ2v) is 9.37. The van der Waals surface area contributed by atoms with E-state index in [4.69, 9.17) is 4.74 Å². The zero-order valence-electron chi connectivity index (χ0n) is 14.5. The molecule has 24 heavy (non-hydrogen) atoms. The Morgan fingerprint density at radius 3 is 2.96 bits per heavy atom. The van der Waals surface area contributed by atoms with E-state index in [9.17, 15) is 8.42 Å². The van der Waals surface area contributed by atoms with Crippen LogP contribution in [0.2, 0.25) is 0 Å². The summed E-state index contributed by atoms with van der Waals surface area (Å²) in [4.78, 5) is 6.41. The molecule has 1 aromatic rings. The van der Waals surface area contributed by atoms with Crippen molar-refractivity contribution in [3.63, 3.8) is 0 Å². The number of rotatable bonds is 6. The Bertz CT molecular complexity index is 652. The zero-order chi connectivity index (χ0) is 17.2. The monoisotopic (exact) mass is 353 g/mol. The van der Waals surface area contributed by atoms with Crippen LogP contribution < -0.4 is 0 Å². The SMILES string of the molecule is CCS(=O)(=O)N1CC[C@@]2(CN(C)C[C@H]2COCc2cccnc2)C1. The highest BCUT2D eigenvalue weighted by molar-refractivity contribution is 7.89. The Balaban J connectivity index is 1.62. The van der Waals surface area contributed by atoms with Gasteiger partial charge >= 0.3 is 0 Å². The first-order valence-electron chi connectivity index (χ1n) is 8.58. The van der Waals surface area contributed by atoms with Crippen molar-refractivity contribution in [2.24, 2.45) is 11.3 Å². The van der Waals surface area contributed by atoms with Gasteiger partial charge in [0, 0.05) is 49.9 Å². The quantitative estimate of drug-likeness (QED) is 0.769. The molecule has 2 atom stereocenters. The van der Waals surface area contributed by atoms with Gasteiger partial charge in [0.1, 0.15) is 0 Å². The van der Waals surface area contributed by atoms with Gasteiger partial charge in [0.25, 0.3) is 0 Å². The van der Waals surface area contributed by atoms with Crippen molar-refractivity contribution in [2.75, 3.05) is 45.6 Å². The van der Waals surface area contributed by atoms with E-state index >= 15 is 0 Å². The molecule has 2 aliphatic rings. The van der Waals surface area contributed by atoms with Crippen molar-refractivity contribution in [1.82, 2.24) is 14.2 Å². The van der Waals surface area contributed by atoms with Crippen molar-refractivity contribution in [3.8, 4) is 0 Å². The largest absolute Gasteiger partial charge is 0.376 e. The van der Waals surface area contributed by atoms with Gasteiger partial charge in [-0.05, 0) is 32.0 Å². The zero-order valence-corrected chi connectivity index (χ0v) is 15.3. The molecule has 0 unspecified atom stereocenters. The molecule has 2 saturated heterocycles. The van der Waals surface area contributed by atoms with Crippen molar-refractivity contribution in [2.45, 2.75) is 20.0 Å². The van der Waals surface area contributed by atoms with E-state index in [1.54, 1.807) is 17.4 Å². The van der Waals surface area contributed by atoms with Crippen LogP contribution >= 0.6 is 0 Å². The number of sulfonamides is 1. The minimum atomic E-state index is -3.10. The highest BCUT2D eigenvalue weighted by Crippen LogP contribution is 2.44. The summed E-state index contributed by atoms with van der Waals surface area (Å²) in [6.07, 6.45) is 4.50. The maximum atomic E-state index is 12.2. The Morgan fingerprint density at radius 2 is 2.25 bits per heavy atom. The van der Waals surface area contributed by atoms with Gasteiger partial charge in [0.2, 0.25) is 10.0 Å². The number of nitrogens with zero attached hydrogens (tertiary/aromatic N) is 3. The smallest absolute Gasteiger partial charge is 0.213 e. The molecule has 2 fully saturated rings. The summed E-state index contributed by atoms with van der Waals surface area (Å²) in [5.74, 6) is 0.553. The Kier molecular flexibility index (Phi) is 5.24. The maximum absolute atomic E-state index is 12.2. The Hall–Kier alpha value is -1.02. The third kappa shape index (κ3) is 3.64. The minimum Gasteiger partial charge on any atom is -0.376 e. The van der Waals surface area contributed by atoms with E-state index in [-0.39, 0.29) is 11.2 Å². The van der Waals surface area contributed by atoms with Gasteiger partial charge in [-0.1, -0.05) is 6.07 Å². The summed E-state index contributed by atoms with van der Waals surface area (Å²) in [7, 11) is -0.989. The van der Waals surface area contributed by atoms with E-state index in [2.05, 4.69) is 16.9 Å². The van der Waals surface area contributed by atoms with E-state index in [1.807, 2.05) is 18.3 Å². The van der Waals surface area contributed by atoms with E-state index in [0.717, 1.165) is 25.1 Å². The third-order valence-corrected chi connectivity index (χ3v) is 7.23. The first-order valence-corrected chi connectivity index (χ1v) is 10.2. The van der Waals surface area contributed by atoms with Crippen LogP contribution in [0.15, 0.2) is 24.5 Å².